The van der Waals surface area contributed by atoms with Crippen LogP contribution in [0.4, 0.5) is 0 Å². The van der Waals surface area contributed by atoms with E-state index in [0.717, 1.165) is 6.42 Å². The van der Waals surface area contributed by atoms with E-state index in [2.05, 4.69) is 20.9 Å². The number of piperazine rings is 1. The molecule has 2 aromatic rings. The highest BCUT2D eigenvalue weighted by atomic mass is 16.2. The van der Waals surface area contributed by atoms with Crippen molar-refractivity contribution in [3.63, 3.8) is 0 Å². The molecule has 2 fully saturated rings. The summed E-state index contributed by atoms with van der Waals surface area (Å²) in [7, 11) is 0. The average Bonchev–Trinajstić information content (AvgIpc) is 3.46. The molecule has 1 aromatic heterocycles. The highest BCUT2D eigenvalue weighted by Crippen LogP contribution is 2.29. The Morgan fingerprint density at radius 3 is 2.78 bits per heavy atom. The predicted octanol–water partition coefficient (Wildman–Crippen LogP) is 0.159. The van der Waals surface area contributed by atoms with Crippen LogP contribution in [0.2, 0.25) is 0 Å². The quantitative estimate of drug-likeness (QED) is 0.564. The van der Waals surface area contributed by atoms with E-state index >= 15 is 0 Å². The highest BCUT2D eigenvalue weighted by molar-refractivity contribution is 6.05. The van der Waals surface area contributed by atoms with Crippen LogP contribution in [0.5, 0.6) is 0 Å². The monoisotopic (exact) mass is 493 g/mol. The summed E-state index contributed by atoms with van der Waals surface area (Å²) in [6.45, 7) is 4.71. The molecule has 2 unspecified atom stereocenters. The average molecular weight is 494 g/mol. The van der Waals surface area contributed by atoms with Crippen molar-refractivity contribution in [2.24, 2.45) is 0 Å². The number of amides is 5. The Balaban J connectivity index is 1.36. The van der Waals surface area contributed by atoms with E-state index in [4.69, 9.17) is 0 Å². The molecule has 2 N–H and O–H groups in total. The first-order valence-corrected chi connectivity index (χ1v) is 12.0. The van der Waals surface area contributed by atoms with Gasteiger partial charge in [-0.3, -0.25) is 29.3 Å². The van der Waals surface area contributed by atoms with E-state index in [9.17, 15) is 24.0 Å². The molecule has 0 bridgehead atoms. The van der Waals surface area contributed by atoms with Crippen LogP contribution in [0.15, 0.2) is 24.4 Å². The molecule has 12 heteroatoms. The van der Waals surface area contributed by atoms with Crippen LogP contribution in [0.1, 0.15) is 65.9 Å². The van der Waals surface area contributed by atoms with Crippen LogP contribution in [-0.4, -0.2) is 79.0 Å². The first-order chi connectivity index (χ1) is 17.2. The van der Waals surface area contributed by atoms with E-state index in [-0.39, 0.29) is 48.7 Å². The van der Waals surface area contributed by atoms with Gasteiger partial charge in [0.15, 0.2) is 5.69 Å². The molecule has 0 radical (unpaired) electrons. The number of nitrogens with zero attached hydrogens (tertiary/aromatic N) is 5. The van der Waals surface area contributed by atoms with Gasteiger partial charge in [0.1, 0.15) is 11.6 Å². The van der Waals surface area contributed by atoms with Crippen molar-refractivity contribution in [2.75, 3.05) is 13.1 Å². The zero-order chi connectivity index (χ0) is 25.6. The molecule has 5 amide bonds. The molecule has 12 nitrogen and oxygen atoms in total. The Labute approximate surface area is 207 Å². The van der Waals surface area contributed by atoms with Gasteiger partial charge in [0, 0.05) is 31.6 Å². The first-order valence-electron chi connectivity index (χ1n) is 12.0. The van der Waals surface area contributed by atoms with Gasteiger partial charge in [-0.25, -0.2) is 4.68 Å². The van der Waals surface area contributed by atoms with Crippen LogP contribution in [0.25, 0.3) is 5.69 Å². The molecule has 0 saturated carbocycles. The maximum absolute atomic E-state index is 13.3. The lowest BCUT2D eigenvalue weighted by atomic mass is 9.90. The molecule has 1 aromatic carbocycles. The molecule has 0 aliphatic carbocycles. The van der Waals surface area contributed by atoms with Gasteiger partial charge in [0.25, 0.3) is 11.8 Å². The van der Waals surface area contributed by atoms with Crippen LogP contribution in [-0.2, 0) is 20.9 Å². The van der Waals surface area contributed by atoms with E-state index in [1.165, 1.54) is 15.8 Å². The minimum atomic E-state index is -0.957. The minimum absolute atomic E-state index is 0.119. The summed E-state index contributed by atoms with van der Waals surface area (Å²) in [5, 5.41) is 13.3. The number of carbonyl (C=O) groups is 5. The fourth-order valence-corrected chi connectivity index (χ4v) is 5.23. The Bertz CT molecular complexity index is 1290. The van der Waals surface area contributed by atoms with Gasteiger partial charge in [-0.2, -0.15) is 0 Å². The molecule has 5 rings (SSSR count). The van der Waals surface area contributed by atoms with Crippen LogP contribution >= 0.6 is 0 Å². The number of hydrogen-bond acceptors (Lipinski definition) is 7. The molecule has 3 aliphatic rings. The van der Waals surface area contributed by atoms with Crippen molar-refractivity contribution in [1.82, 2.24) is 35.4 Å². The van der Waals surface area contributed by atoms with E-state index < -0.39 is 17.5 Å². The number of piperidine rings is 1. The predicted molar refractivity (Wildman–Crippen MR) is 125 cm³/mol. The Hall–Kier alpha value is -4.09. The number of rotatable bonds is 5. The number of fused-ring (bicyclic) bond motifs is 1. The van der Waals surface area contributed by atoms with Gasteiger partial charge in [0.2, 0.25) is 17.7 Å². The number of carbonyl (C=O) groups excluding carboxylic acids is 5. The largest absolute Gasteiger partial charge is 0.352 e. The van der Waals surface area contributed by atoms with E-state index in [1.54, 1.807) is 30.0 Å². The summed E-state index contributed by atoms with van der Waals surface area (Å²) < 4.78 is 1.45. The SMILES string of the molecule is CCCC1(C)C(=O)NCCN1C(=O)c1cn(-c2ccc3c(c2)CN(C2CCC(=O)NC2=O)C3=O)nn1. The van der Waals surface area contributed by atoms with E-state index in [0.29, 0.717) is 36.3 Å². The normalized spacial score (nSPS) is 24.0. The summed E-state index contributed by atoms with van der Waals surface area (Å²) in [5.74, 6) is -1.61. The summed E-state index contributed by atoms with van der Waals surface area (Å²) in [4.78, 5) is 65.6. The molecule has 0 spiro atoms. The van der Waals surface area contributed by atoms with Crippen LogP contribution in [0, 0.1) is 0 Å². The maximum atomic E-state index is 13.3. The van der Waals surface area contributed by atoms with Gasteiger partial charge in [-0.15, -0.1) is 5.10 Å². The minimum Gasteiger partial charge on any atom is -0.352 e. The third-order valence-corrected chi connectivity index (χ3v) is 7.17. The lowest BCUT2D eigenvalue weighted by molar-refractivity contribution is -0.137. The van der Waals surface area contributed by atoms with Crippen LogP contribution < -0.4 is 10.6 Å². The Morgan fingerprint density at radius 2 is 2.03 bits per heavy atom. The molecule has 2 atom stereocenters. The third-order valence-electron chi connectivity index (χ3n) is 7.17. The highest BCUT2D eigenvalue weighted by Gasteiger charge is 2.44. The number of hydrogen-bond donors (Lipinski definition) is 2. The number of imide groups is 1. The zero-order valence-corrected chi connectivity index (χ0v) is 20.1. The smallest absolute Gasteiger partial charge is 0.277 e. The van der Waals surface area contributed by atoms with Crippen molar-refractivity contribution >= 4 is 29.5 Å². The fraction of sp³-hybridized carbons (Fsp3) is 0.458. The Kier molecular flexibility index (Phi) is 5.81. The molecule has 188 valence electrons. The second kappa shape index (κ2) is 8.85. The molecule has 3 aliphatic heterocycles. The van der Waals surface area contributed by atoms with Crippen molar-refractivity contribution in [3.05, 3.63) is 41.2 Å². The topological polar surface area (TPSA) is 147 Å². The lowest BCUT2D eigenvalue weighted by Gasteiger charge is -2.43. The number of aromatic nitrogens is 3. The summed E-state index contributed by atoms with van der Waals surface area (Å²) in [5.41, 5.74) is 0.962. The van der Waals surface area contributed by atoms with Crippen molar-refractivity contribution in [2.45, 2.75) is 57.7 Å². The second-order valence-corrected chi connectivity index (χ2v) is 9.53. The van der Waals surface area contributed by atoms with Crippen molar-refractivity contribution < 1.29 is 24.0 Å². The lowest BCUT2D eigenvalue weighted by Crippen LogP contribution is -2.64. The van der Waals surface area contributed by atoms with Crippen molar-refractivity contribution in [1.29, 1.82) is 0 Å². The third kappa shape index (κ3) is 3.82. The van der Waals surface area contributed by atoms with Crippen molar-refractivity contribution in [3.8, 4) is 5.69 Å². The van der Waals surface area contributed by atoms with E-state index in [1.807, 2.05) is 6.92 Å². The first kappa shape index (κ1) is 23.6. The van der Waals surface area contributed by atoms with Gasteiger partial charge in [0.05, 0.1) is 11.9 Å². The maximum Gasteiger partial charge on any atom is 0.277 e. The van der Waals surface area contributed by atoms with Gasteiger partial charge < -0.3 is 15.1 Å². The summed E-state index contributed by atoms with van der Waals surface area (Å²) in [6, 6.07) is 4.44. The molecule has 2 saturated heterocycles. The standard InChI is InChI=1S/C24H27N7O5/c1-3-8-24(2)23(36)25-9-10-30(24)22(35)17-13-31(28-27-17)15-4-5-16-14(11-15)12-29(21(16)34)18-6-7-19(32)26-20(18)33/h4-5,11,13,18H,3,6-10,12H2,1-2H3,(H,25,36)(H,26,32,33). The van der Waals surface area contributed by atoms with Gasteiger partial charge in [-0.05, 0) is 43.5 Å². The second-order valence-electron chi connectivity index (χ2n) is 9.53. The molecule has 4 heterocycles. The molecule has 36 heavy (non-hydrogen) atoms. The van der Waals surface area contributed by atoms with Gasteiger partial charge >= 0.3 is 0 Å². The number of benzene rings is 1. The summed E-state index contributed by atoms with van der Waals surface area (Å²) >= 11 is 0. The number of nitrogens with one attached hydrogen (secondary N) is 2. The van der Waals surface area contributed by atoms with Crippen LogP contribution in [0.3, 0.4) is 0 Å². The molecular weight excluding hydrogens is 466 g/mol. The summed E-state index contributed by atoms with van der Waals surface area (Å²) in [6.07, 6.45) is 3.26. The van der Waals surface area contributed by atoms with Gasteiger partial charge in [-0.1, -0.05) is 18.6 Å². The Morgan fingerprint density at radius 1 is 1.22 bits per heavy atom. The molecular formula is C24H27N7O5. The fourth-order valence-electron chi connectivity index (χ4n) is 5.23. The zero-order valence-electron chi connectivity index (χ0n) is 20.1.